The van der Waals surface area contributed by atoms with E-state index in [1.807, 2.05) is 0 Å². The Kier molecular flexibility index (Phi) is 2.99. The van der Waals surface area contributed by atoms with Crippen LogP contribution < -0.4 is 0 Å². The molecule has 1 atom stereocenters. The van der Waals surface area contributed by atoms with Gasteiger partial charge in [0.15, 0.2) is 0 Å². The number of likely N-dealkylation sites (tertiary alicyclic amines) is 1. The molecule has 0 aromatic carbocycles. The standard InChI is InChI=1S/C8H14BrNO2/c1-8(5-9)3-2-4-10(6-8)7(11)12/h2-6H2,1H3,(H,11,12)/t8-/m1/s1. The Labute approximate surface area is 80.9 Å². The van der Waals surface area contributed by atoms with Crippen molar-refractivity contribution in [3.8, 4) is 0 Å². The summed E-state index contributed by atoms with van der Waals surface area (Å²) in [5.74, 6) is 0. The van der Waals surface area contributed by atoms with Gasteiger partial charge in [0.1, 0.15) is 0 Å². The lowest BCUT2D eigenvalue weighted by Gasteiger charge is -2.37. The predicted octanol–water partition coefficient (Wildman–Crippen LogP) is 2.16. The Morgan fingerprint density at radius 2 is 2.42 bits per heavy atom. The molecule has 70 valence electrons. The molecule has 4 heteroatoms. The minimum atomic E-state index is -0.790. The second kappa shape index (κ2) is 3.64. The normalized spacial score (nSPS) is 30.3. The maximum absolute atomic E-state index is 10.7. The van der Waals surface area contributed by atoms with E-state index in [2.05, 4.69) is 22.9 Å². The number of amides is 1. The van der Waals surface area contributed by atoms with E-state index < -0.39 is 6.09 Å². The maximum Gasteiger partial charge on any atom is 0.407 e. The fourth-order valence-corrected chi connectivity index (χ4v) is 2.05. The minimum absolute atomic E-state index is 0.136. The minimum Gasteiger partial charge on any atom is -0.465 e. The number of halogens is 1. The average molecular weight is 236 g/mol. The third kappa shape index (κ3) is 2.12. The third-order valence-electron chi connectivity index (χ3n) is 2.37. The van der Waals surface area contributed by atoms with Crippen LogP contribution in [0.1, 0.15) is 19.8 Å². The topological polar surface area (TPSA) is 40.5 Å². The van der Waals surface area contributed by atoms with Gasteiger partial charge in [-0.2, -0.15) is 0 Å². The molecule has 0 bridgehead atoms. The van der Waals surface area contributed by atoms with E-state index in [0.29, 0.717) is 13.1 Å². The van der Waals surface area contributed by atoms with Crippen molar-refractivity contribution in [1.29, 1.82) is 0 Å². The fraction of sp³-hybridized carbons (Fsp3) is 0.875. The predicted molar refractivity (Wildman–Crippen MR) is 50.7 cm³/mol. The van der Waals surface area contributed by atoms with Crippen LogP contribution in [-0.4, -0.2) is 34.5 Å². The number of piperidine rings is 1. The first kappa shape index (κ1) is 9.84. The smallest absolute Gasteiger partial charge is 0.407 e. The molecule has 0 radical (unpaired) electrons. The Morgan fingerprint density at radius 1 is 1.75 bits per heavy atom. The number of hydrogen-bond acceptors (Lipinski definition) is 1. The second-order valence-corrected chi connectivity index (χ2v) is 4.31. The van der Waals surface area contributed by atoms with Gasteiger partial charge in [-0.25, -0.2) is 4.79 Å². The molecule has 1 fully saturated rings. The van der Waals surface area contributed by atoms with E-state index in [4.69, 9.17) is 5.11 Å². The molecule has 0 saturated carbocycles. The number of hydrogen-bond donors (Lipinski definition) is 1. The van der Waals surface area contributed by atoms with Gasteiger partial charge in [-0.1, -0.05) is 22.9 Å². The average Bonchev–Trinajstić information content (AvgIpc) is 2.05. The number of carboxylic acid groups (broad SMARTS) is 1. The van der Waals surface area contributed by atoms with Gasteiger partial charge in [-0.05, 0) is 18.3 Å². The van der Waals surface area contributed by atoms with Gasteiger partial charge in [0.25, 0.3) is 0 Å². The van der Waals surface area contributed by atoms with E-state index in [1.165, 1.54) is 4.90 Å². The van der Waals surface area contributed by atoms with E-state index in [1.54, 1.807) is 0 Å². The molecule has 1 rings (SSSR count). The molecule has 3 nitrogen and oxygen atoms in total. The van der Waals surface area contributed by atoms with Crippen LogP contribution in [0.15, 0.2) is 0 Å². The molecule has 1 aliphatic rings. The zero-order valence-electron chi connectivity index (χ0n) is 7.22. The first-order valence-corrected chi connectivity index (χ1v) is 5.23. The number of alkyl halides is 1. The van der Waals surface area contributed by atoms with Crippen molar-refractivity contribution in [2.75, 3.05) is 18.4 Å². The second-order valence-electron chi connectivity index (χ2n) is 3.75. The molecule has 0 aromatic heterocycles. The van der Waals surface area contributed by atoms with Crippen LogP contribution in [0.2, 0.25) is 0 Å². The van der Waals surface area contributed by atoms with Crippen LogP contribution in [0, 0.1) is 5.41 Å². The summed E-state index contributed by atoms with van der Waals surface area (Å²) in [7, 11) is 0. The lowest BCUT2D eigenvalue weighted by atomic mass is 9.84. The Balaban J connectivity index is 2.57. The first-order valence-electron chi connectivity index (χ1n) is 4.11. The summed E-state index contributed by atoms with van der Waals surface area (Å²) in [6.07, 6.45) is 1.30. The molecule has 0 spiro atoms. The lowest BCUT2D eigenvalue weighted by Crippen LogP contribution is -2.44. The van der Waals surface area contributed by atoms with Crippen LogP contribution in [0.4, 0.5) is 4.79 Å². The van der Waals surface area contributed by atoms with Crippen LogP contribution in [-0.2, 0) is 0 Å². The molecule has 1 heterocycles. The largest absolute Gasteiger partial charge is 0.465 e. The zero-order valence-corrected chi connectivity index (χ0v) is 8.80. The van der Waals surface area contributed by atoms with Gasteiger partial charge in [0.2, 0.25) is 0 Å². The number of nitrogens with zero attached hydrogens (tertiary/aromatic N) is 1. The third-order valence-corrected chi connectivity index (χ3v) is 3.73. The number of rotatable bonds is 1. The monoisotopic (exact) mass is 235 g/mol. The van der Waals surface area contributed by atoms with Crippen LogP contribution >= 0.6 is 15.9 Å². The zero-order chi connectivity index (χ0) is 9.19. The van der Waals surface area contributed by atoms with Gasteiger partial charge >= 0.3 is 6.09 Å². The maximum atomic E-state index is 10.7. The summed E-state index contributed by atoms with van der Waals surface area (Å²) in [6.45, 7) is 3.47. The van der Waals surface area contributed by atoms with Crippen molar-refractivity contribution in [1.82, 2.24) is 4.90 Å². The summed E-state index contributed by atoms with van der Waals surface area (Å²) in [4.78, 5) is 12.2. The molecular weight excluding hydrogens is 222 g/mol. The molecule has 1 amide bonds. The van der Waals surface area contributed by atoms with E-state index in [0.717, 1.165) is 18.2 Å². The quantitative estimate of drug-likeness (QED) is 0.708. The number of carbonyl (C=O) groups is 1. The summed E-state index contributed by atoms with van der Waals surface area (Å²) in [5.41, 5.74) is 0.136. The molecule has 0 unspecified atom stereocenters. The van der Waals surface area contributed by atoms with Crippen molar-refractivity contribution in [3.05, 3.63) is 0 Å². The Bertz CT molecular complexity index is 186. The van der Waals surface area contributed by atoms with Gasteiger partial charge in [0.05, 0.1) is 0 Å². The van der Waals surface area contributed by atoms with E-state index >= 15 is 0 Å². The summed E-state index contributed by atoms with van der Waals surface area (Å²) in [5, 5.41) is 9.66. The van der Waals surface area contributed by atoms with Crippen molar-refractivity contribution < 1.29 is 9.90 Å². The molecule has 1 N–H and O–H groups in total. The Morgan fingerprint density at radius 3 is 2.92 bits per heavy atom. The van der Waals surface area contributed by atoms with Crippen LogP contribution in [0.25, 0.3) is 0 Å². The molecule has 12 heavy (non-hydrogen) atoms. The molecular formula is C8H14BrNO2. The van der Waals surface area contributed by atoms with Crippen molar-refractivity contribution in [2.24, 2.45) is 5.41 Å². The SMILES string of the molecule is C[C@]1(CBr)CCCN(C(=O)O)C1. The molecule has 1 aliphatic heterocycles. The summed E-state index contributed by atoms with van der Waals surface area (Å²) in [6, 6.07) is 0. The van der Waals surface area contributed by atoms with Gasteiger partial charge in [-0.3, -0.25) is 0 Å². The molecule has 0 aliphatic carbocycles. The van der Waals surface area contributed by atoms with E-state index in [9.17, 15) is 4.79 Å². The Hall–Kier alpha value is -0.250. The summed E-state index contributed by atoms with van der Waals surface area (Å²) < 4.78 is 0. The highest BCUT2D eigenvalue weighted by atomic mass is 79.9. The van der Waals surface area contributed by atoms with E-state index in [-0.39, 0.29) is 5.41 Å². The molecule has 0 aromatic rings. The highest BCUT2D eigenvalue weighted by Gasteiger charge is 2.31. The van der Waals surface area contributed by atoms with Crippen molar-refractivity contribution in [2.45, 2.75) is 19.8 Å². The lowest BCUT2D eigenvalue weighted by molar-refractivity contribution is 0.0972. The molecule has 1 saturated heterocycles. The highest BCUT2D eigenvalue weighted by Crippen LogP contribution is 2.30. The van der Waals surface area contributed by atoms with Gasteiger partial charge in [-0.15, -0.1) is 0 Å². The highest BCUT2D eigenvalue weighted by molar-refractivity contribution is 9.09. The van der Waals surface area contributed by atoms with Gasteiger partial charge < -0.3 is 10.0 Å². The first-order chi connectivity index (χ1) is 5.57. The van der Waals surface area contributed by atoms with Gasteiger partial charge in [0, 0.05) is 18.4 Å². The van der Waals surface area contributed by atoms with Crippen LogP contribution in [0.5, 0.6) is 0 Å². The van der Waals surface area contributed by atoms with Crippen LogP contribution in [0.3, 0.4) is 0 Å². The summed E-state index contributed by atoms with van der Waals surface area (Å²) >= 11 is 3.42. The fourth-order valence-electron chi connectivity index (χ4n) is 1.59. The van der Waals surface area contributed by atoms with Crippen molar-refractivity contribution >= 4 is 22.0 Å². The van der Waals surface area contributed by atoms with Crippen molar-refractivity contribution in [3.63, 3.8) is 0 Å².